The molecule has 1 aromatic heterocycles. The number of carbonyl (C=O) groups excluding carboxylic acids is 2. The molecular formula is C19H16BrN3O2S. The van der Waals surface area contributed by atoms with Crippen molar-refractivity contribution < 1.29 is 9.59 Å². The minimum Gasteiger partial charge on any atom is -0.321 e. The van der Waals surface area contributed by atoms with Crippen molar-refractivity contribution in [1.82, 2.24) is 4.98 Å². The van der Waals surface area contributed by atoms with Gasteiger partial charge >= 0.3 is 0 Å². The van der Waals surface area contributed by atoms with Gasteiger partial charge in [-0.05, 0) is 30.2 Å². The number of halogens is 1. The molecule has 0 aliphatic rings. The number of nitrogens with one attached hydrogen (secondary N) is 2. The maximum atomic E-state index is 12.2. The molecule has 0 aliphatic carbocycles. The Morgan fingerprint density at radius 1 is 1.04 bits per heavy atom. The van der Waals surface area contributed by atoms with E-state index in [4.69, 9.17) is 0 Å². The van der Waals surface area contributed by atoms with Crippen molar-refractivity contribution in [2.45, 2.75) is 12.8 Å². The summed E-state index contributed by atoms with van der Waals surface area (Å²) >= 11 is 4.59. The number of benzene rings is 2. The number of thiazole rings is 1. The van der Waals surface area contributed by atoms with Crippen molar-refractivity contribution in [3.8, 4) is 0 Å². The molecule has 0 fully saturated rings. The Morgan fingerprint density at radius 2 is 1.85 bits per heavy atom. The van der Waals surface area contributed by atoms with E-state index in [-0.39, 0.29) is 17.5 Å². The van der Waals surface area contributed by atoms with E-state index in [1.807, 2.05) is 42.5 Å². The number of amides is 2. The van der Waals surface area contributed by atoms with Crippen molar-refractivity contribution in [1.29, 1.82) is 0 Å². The molecule has 0 aliphatic heterocycles. The van der Waals surface area contributed by atoms with Crippen LogP contribution in [-0.4, -0.2) is 16.8 Å². The normalized spacial score (nSPS) is 10.3. The molecule has 3 aromatic rings. The number of hydrogen-bond acceptors (Lipinski definition) is 4. The minimum absolute atomic E-state index is 0.123. The van der Waals surface area contributed by atoms with E-state index in [1.165, 1.54) is 11.3 Å². The van der Waals surface area contributed by atoms with Gasteiger partial charge in [0.05, 0.1) is 0 Å². The second-order valence-electron chi connectivity index (χ2n) is 5.54. The fourth-order valence-corrected chi connectivity index (χ4v) is 3.39. The lowest BCUT2D eigenvalue weighted by Gasteiger charge is -2.03. The molecule has 0 atom stereocenters. The highest BCUT2D eigenvalue weighted by Gasteiger charge is 2.13. The summed E-state index contributed by atoms with van der Waals surface area (Å²) in [5.41, 5.74) is 2.05. The first-order valence-corrected chi connectivity index (χ1v) is 9.63. The maximum Gasteiger partial charge on any atom is 0.275 e. The van der Waals surface area contributed by atoms with Crippen molar-refractivity contribution in [3.63, 3.8) is 0 Å². The molecule has 26 heavy (non-hydrogen) atoms. The molecule has 7 heteroatoms. The molecule has 0 radical (unpaired) electrons. The van der Waals surface area contributed by atoms with E-state index in [0.717, 1.165) is 10.0 Å². The third-order valence-electron chi connectivity index (χ3n) is 3.55. The molecule has 0 bridgehead atoms. The fraction of sp³-hybridized carbons (Fsp3) is 0.105. The Morgan fingerprint density at radius 3 is 2.62 bits per heavy atom. The SMILES string of the molecule is O=C(CCc1ccccc1)Nc1nc(C(=O)Nc2cccc(Br)c2)cs1. The molecule has 2 aromatic carbocycles. The molecule has 1 heterocycles. The van der Waals surface area contributed by atoms with Crippen LogP contribution in [0, 0.1) is 0 Å². The lowest BCUT2D eigenvalue weighted by molar-refractivity contribution is -0.116. The number of rotatable bonds is 6. The summed E-state index contributed by atoms with van der Waals surface area (Å²) in [5.74, 6) is -0.439. The average molecular weight is 430 g/mol. The van der Waals surface area contributed by atoms with Gasteiger partial charge in [0, 0.05) is 22.0 Å². The second-order valence-corrected chi connectivity index (χ2v) is 7.31. The van der Waals surface area contributed by atoms with Crippen LogP contribution < -0.4 is 10.6 Å². The third kappa shape index (κ3) is 5.24. The molecule has 2 amide bonds. The highest BCUT2D eigenvalue weighted by molar-refractivity contribution is 9.10. The highest BCUT2D eigenvalue weighted by atomic mass is 79.9. The number of aryl methyl sites for hydroxylation is 1. The Hall–Kier alpha value is -2.51. The quantitative estimate of drug-likeness (QED) is 0.594. The van der Waals surface area contributed by atoms with Crippen LogP contribution in [0.5, 0.6) is 0 Å². The molecule has 0 spiro atoms. The van der Waals surface area contributed by atoms with Crippen LogP contribution in [0.25, 0.3) is 0 Å². The zero-order valence-corrected chi connectivity index (χ0v) is 16.1. The number of carbonyl (C=O) groups is 2. The van der Waals surface area contributed by atoms with Crippen LogP contribution in [0.2, 0.25) is 0 Å². The van der Waals surface area contributed by atoms with Crippen molar-refractivity contribution in [2.24, 2.45) is 0 Å². The molecule has 2 N–H and O–H groups in total. The van der Waals surface area contributed by atoms with Crippen LogP contribution in [0.1, 0.15) is 22.5 Å². The topological polar surface area (TPSA) is 71.1 Å². The molecule has 0 unspecified atom stereocenters. The van der Waals surface area contributed by atoms with E-state index in [2.05, 4.69) is 31.5 Å². The van der Waals surface area contributed by atoms with Crippen molar-refractivity contribution in [3.05, 3.63) is 75.7 Å². The van der Waals surface area contributed by atoms with Gasteiger partial charge in [-0.3, -0.25) is 9.59 Å². The van der Waals surface area contributed by atoms with Gasteiger partial charge in [0.2, 0.25) is 5.91 Å². The number of hydrogen-bond donors (Lipinski definition) is 2. The summed E-state index contributed by atoms with van der Waals surface area (Å²) in [6.07, 6.45) is 1.03. The fourth-order valence-electron chi connectivity index (χ4n) is 2.28. The second kappa shape index (κ2) is 8.73. The van der Waals surface area contributed by atoms with Gasteiger partial charge in [-0.1, -0.05) is 52.3 Å². The van der Waals surface area contributed by atoms with E-state index >= 15 is 0 Å². The van der Waals surface area contributed by atoms with Gasteiger partial charge in [-0.25, -0.2) is 4.98 Å². The third-order valence-corrected chi connectivity index (χ3v) is 4.80. The lowest BCUT2D eigenvalue weighted by atomic mass is 10.1. The van der Waals surface area contributed by atoms with Gasteiger partial charge < -0.3 is 10.6 Å². The highest BCUT2D eigenvalue weighted by Crippen LogP contribution is 2.19. The monoisotopic (exact) mass is 429 g/mol. The van der Waals surface area contributed by atoms with E-state index < -0.39 is 0 Å². The molecular weight excluding hydrogens is 414 g/mol. The summed E-state index contributed by atoms with van der Waals surface area (Å²) in [6.45, 7) is 0. The predicted molar refractivity (Wildman–Crippen MR) is 108 cm³/mol. The van der Waals surface area contributed by atoms with Gasteiger partial charge in [0.1, 0.15) is 5.69 Å². The van der Waals surface area contributed by atoms with Crippen molar-refractivity contribution in [2.75, 3.05) is 10.6 Å². The van der Waals surface area contributed by atoms with Crippen LogP contribution in [-0.2, 0) is 11.2 Å². The maximum absolute atomic E-state index is 12.2. The summed E-state index contributed by atoms with van der Waals surface area (Å²) in [6, 6.07) is 17.1. The molecule has 132 valence electrons. The lowest BCUT2D eigenvalue weighted by Crippen LogP contribution is -2.14. The van der Waals surface area contributed by atoms with E-state index in [0.29, 0.717) is 23.7 Å². The Balaban J connectivity index is 1.53. The zero-order chi connectivity index (χ0) is 18.4. The first-order valence-electron chi connectivity index (χ1n) is 7.96. The summed E-state index contributed by atoms with van der Waals surface area (Å²) in [4.78, 5) is 28.5. The van der Waals surface area contributed by atoms with Crippen LogP contribution >= 0.6 is 27.3 Å². The molecule has 5 nitrogen and oxygen atoms in total. The Labute approximate surface area is 163 Å². The van der Waals surface area contributed by atoms with Gasteiger partial charge in [-0.15, -0.1) is 11.3 Å². The van der Waals surface area contributed by atoms with Crippen LogP contribution in [0.3, 0.4) is 0 Å². The van der Waals surface area contributed by atoms with E-state index in [1.54, 1.807) is 17.5 Å². The first kappa shape index (κ1) is 18.3. The van der Waals surface area contributed by atoms with Crippen molar-refractivity contribution >= 4 is 49.9 Å². The summed E-state index contributed by atoms with van der Waals surface area (Å²) < 4.78 is 0.875. The zero-order valence-electron chi connectivity index (χ0n) is 13.7. The number of aromatic nitrogens is 1. The smallest absolute Gasteiger partial charge is 0.275 e. The van der Waals surface area contributed by atoms with Gasteiger partial charge in [0.15, 0.2) is 5.13 Å². The Bertz CT molecular complexity index is 912. The average Bonchev–Trinajstić information content (AvgIpc) is 3.09. The predicted octanol–water partition coefficient (Wildman–Crippen LogP) is 4.73. The molecule has 0 saturated heterocycles. The number of nitrogens with zero attached hydrogens (tertiary/aromatic N) is 1. The first-order chi connectivity index (χ1) is 12.6. The largest absolute Gasteiger partial charge is 0.321 e. The minimum atomic E-state index is -0.316. The Kier molecular flexibility index (Phi) is 6.14. The summed E-state index contributed by atoms with van der Waals surface area (Å²) in [7, 11) is 0. The standard InChI is InChI=1S/C19H16BrN3O2S/c20-14-7-4-8-15(11-14)21-18(25)16-12-26-19(22-16)23-17(24)10-9-13-5-2-1-3-6-13/h1-8,11-12H,9-10H2,(H,21,25)(H,22,23,24). The van der Waals surface area contributed by atoms with Crippen LogP contribution in [0.15, 0.2) is 64.5 Å². The van der Waals surface area contributed by atoms with Crippen LogP contribution in [0.4, 0.5) is 10.8 Å². The van der Waals surface area contributed by atoms with Gasteiger partial charge in [-0.2, -0.15) is 0 Å². The van der Waals surface area contributed by atoms with E-state index in [9.17, 15) is 9.59 Å². The molecule has 0 saturated carbocycles. The number of anilines is 2. The molecule has 3 rings (SSSR count). The summed E-state index contributed by atoms with van der Waals surface area (Å²) in [5, 5.41) is 7.56. The van der Waals surface area contributed by atoms with Gasteiger partial charge in [0.25, 0.3) is 5.91 Å².